The second-order valence-corrected chi connectivity index (χ2v) is 10.4. The number of aryl methyl sites for hydroxylation is 2. The number of nitrogens with one attached hydrogen (secondary N) is 1. The molecule has 0 bridgehead atoms. The lowest BCUT2D eigenvalue weighted by atomic mass is 10.2. The molecule has 0 aliphatic heterocycles. The van der Waals surface area contributed by atoms with Gasteiger partial charge in [-0.05, 0) is 68.1 Å². The van der Waals surface area contributed by atoms with Crippen LogP contribution in [0.4, 0.5) is 0 Å². The van der Waals surface area contributed by atoms with E-state index in [1.165, 1.54) is 29.3 Å². The van der Waals surface area contributed by atoms with Gasteiger partial charge in [0, 0.05) is 16.5 Å². The van der Waals surface area contributed by atoms with Crippen molar-refractivity contribution in [1.82, 2.24) is 15.0 Å². The Kier molecular flexibility index (Phi) is 7.15. The van der Waals surface area contributed by atoms with Gasteiger partial charge in [-0.3, -0.25) is 14.2 Å². The van der Waals surface area contributed by atoms with Gasteiger partial charge >= 0.3 is 0 Å². The molecule has 11 heteroatoms. The number of hydrazone groups is 1. The standard InChI is InChI=1S/C26H24N4O5S2/c1-2-35-18-10-7-16(8-11-18)30-25(34)23-19-4-3-5-21(19)37-24(23)28-26(30)36-14-22(33)29-27-13-15-6-9-17(31)12-20(15)32/h6-13,31-32H,2-5,14H2,1H3,(H,29,33). The van der Waals surface area contributed by atoms with Crippen molar-refractivity contribution < 1.29 is 19.7 Å². The number of carbonyl (C=O) groups is 1. The van der Waals surface area contributed by atoms with Gasteiger partial charge in [0.2, 0.25) is 0 Å². The Bertz CT molecular complexity index is 1560. The molecule has 5 rings (SSSR count). The van der Waals surface area contributed by atoms with Crippen molar-refractivity contribution >= 4 is 45.4 Å². The first-order chi connectivity index (χ1) is 17.9. The van der Waals surface area contributed by atoms with Gasteiger partial charge in [-0.1, -0.05) is 11.8 Å². The fourth-order valence-electron chi connectivity index (χ4n) is 4.18. The molecule has 4 aromatic rings. The van der Waals surface area contributed by atoms with Crippen LogP contribution in [0, 0.1) is 0 Å². The maximum atomic E-state index is 13.7. The van der Waals surface area contributed by atoms with E-state index < -0.39 is 5.91 Å². The number of benzene rings is 2. The SMILES string of the molecule is CCOc1ccc(-n2c(SCC(=O)NN=Cc3ccc(O)cc3O)nc3sc4c(c3c2=O)CCC4)cc1. The first kappa shape index (κ1) is 24.8. The van der Waals surface area contributed by atoms with Crippen molar-refractivity contribution in [2.75, 3.05) is 12.4 Å². The zero-order valence-electron chi connectivity index (χ0n) is 19.9. The van der Waals surface area contributed by atoms with Crippen LogP contribution in [0.5, 0.6) is 17.2 Å². The highest BCUT2D eigenvalue weighted by Gasteiger charge is 2.24. The first-order valence-electron chi connectivity index (χ1n) is 11.7. The lowest BCUT2D eigenvalue weighted by molar-refractivity contribution is -0.118. The van der Waals surface area contributed by atoms with Gasteiger partial charge in [0.05, 0.1) is 29.6 Å². The minimum atomic E-state index is -0.402. The van der Waals surface area contributed by atoms with Crippen molar-refractivity contribution in [3.63, 3.8) is 0 Å². The summed E-state index contributed by atoms with van der Waals surface area (Å²) in [5, 5.41) is 24.2. The Morgan fingerprint density at radius 1 is 1.24 bits per heavy atom. The number of fused-ring (bicyclic) bond motifs is 3. The first-order valence-corrected chi connectivity index (χ1v) is 13.5. The summed E-state index contributed by atoms with van der Waals surface area (Å²) in [4.78, 5) is 32.9. The summed E-state index contributed by atoms with van der Waals surface area (Å²) in [5.74, 6) is 0.0386. The molecule has 0 spiro atoms. The molecule has 9 nitrogen and oxygen atoms in total. The lowest BCUT2D eigenvalue weighted by Gasteiger charge is -2.13. The van der Waals surface area contributed by atoms with Gasteiger partial charge in [-0.2, -0.15) is 5.10 Å². The van der Waals surface area contributed by atoms with Crippen LogP contribution >= 0.6 is 23.1 Å². The largest absolute Gasteiger partial charge is 0.508 e. The average molecular weight is 537 g/mol. The molecule has 1 aliphatic carbocycles. The molecular formula is C26H24N4O5S2. The van der Waals surface area contributed by atoms with Crippen LogP contribution in [0.2, 0.25) is 0 Å². The van der Waals surface area contributed by atoms with Gasteiger partial charge in [-0.25, -0.2) is 10.4 Å². The Morgan fingerprint density at radius 3 is 2.81 bits per heavy atom. The maximum Gasteiger partial charge on any atom is 0.267 e. The number of hydrogen-bond donors (Lipinski definition) is 3. The minimum Gasteiger partial charge on any atom is -0.508 e. The molecule has 190 valence electrons. The topological polar surface area (TPSA) is 126 Å². The number of aromatic hydroxyl groups is 2. The molecule has 1 aliphatic rings. The zero-order valence-corrected chi connectivity index (χ0v) is 21.6. The predicted molar refractivity (Wildman–Crippen MR) is 145 cm³/mol. The van der Waals surface area contributed by atoms with E-state index >= 15 is 0 Å². The van der Waals surface area contributed by atoms with Crippen LogP contribution in [0.3, 0.4) is 0 Å². The number of aromatic nitrogens is 2. The van der Waals surface area contributed by atoms with Gasteiger partial charge in [0.25, 0.3) is 11.5 Å². The zero-order chi connectivity index (χ0) is 25.9. The number of carbonyl (C=O) groups excluding carboxylic acids is 1. The molecular weight excluding hydrogens is 512 g/mol. The molecule has 3 N–H and O–H groups in total. The van der Waals surface area contributed by atoms with Gasteiger partial charge in [0.15, 0.2) is 5.16 Å². The molecule has 0 saturated carbocycles. The van der Waals surface area contributed by atoms with Crippen molar-refractivity contribution in [2.24, 2.45) is 5.10 Å². The molecule has 0 fully saturated rings. The number of nitrogens with zero attached hydrogens (tertiary/aromatic N) is 3. The van der Waals surface area contributed by atoms with Crippen LogP contribution in [0.1, 0.15) is 29.3 Å². The molecule has 0 atom stereocenters. The van der Waals surface area contributed by atoms with E-state index in [4.69, 9.17) is 9.72 Å². The average Bonchev–Trinajstić information content (AvgIpc) is 3.46. The van der Waals surface area contributed by atoms with Crippen LogP contribution in [-0.2, 0) is 17.6 Å². The molecule has 1 amide bonds. The number of thiophene rings is 1. The second-order valence-electron chi connectivity index (χ2n) is 8.32. The van der Waals surface area contributed by atoms with Crippen molar-refractivity contribution in [2.45, 2.75) is 31.3 Å². The van der Waals surface area contributed by atoms with E-state index in [9.17, 15) is 19.8 Å². The molecule has 0 saturated heterocycles. The van der Waals surface area contributed by atoms with Crippen molar-refractivity contribution in [3.8, 4) is 22.9 Å². The van der Waals surface area contributed by atoms with Crippen molar-refractivity contribution in [3.05, 3.63) is 68.8 Å². The highest BCUT2D eigenvalue weighted by molar-refractivity contribution is 7.99. The summed E-state index contributed by atoms with van der Waals surface area (Å²) in [6, 6.07) is 11.3. The summed E-state index contributed by atoms with van der Waals surface area (Å²) in [6.07, 6.45) is 4.15. The van der Waals surface area contributed by atoms with Crippen LogP contribution in [0.25, 0.3) is 15.9 Å². The van der Waals surface area contributed by atoms with Crippen LogP contribution < -0.4 is 15.7 Å². The van der Waals surface area contributed by atoms with Crippen molar-refractivity contribution in [1.29, 1.82) is 0 Å². The monoisotopic (exact) mass is 536 g/mol. The van der Waals surface area contributed by atoms with E-state index in [-0.39, 0.29) is 22.8 Å². The van der Waals surface area contributed by atoms with Crippen LogP contribution in [0.15, 0.2) is 57.5 Å². The number of phenolic OH excluding ortho intramolecular Hbond substituents is 2. The van der Waals surface area contributed by atoms with E-state index in [0.29, 0.717) is 39.0 Å². The number of amides is 1. The third-order valence-electron chi connectivity index (χ3n) is 5.85. The second kappa shape index (κ2) is 10.7. The molecule has 2 aromatic carbocycles. The third kappa shape index (κ3) is 5.18. The summed E-state index contributed by atoms with van der Waals surface area (Å²) in [7, 11) is 0. The van der Waals surface area contributed by atoms with E-state index in [1.54, 1.807) is 15.9 Å². The number of rotatable bonds is 8. The quantitative estimate of drug-likeness (QED) is 0.135. The van der Waals surface area contributed by atoms with E-state index in [0.717, 1.165) is 36.6 Å². The minimum absolute atomic E-state index is 0.0288. The summed E-state index contributed by atoms with van der Waals surface area (Å²) < 4.78 is 7.09. The summed E-state index contributed by atoms with van der Waals surface area (Å²) >= 11 is 2.70. The molecule has 0 unspecified atom stereocenters. The molecule has 2 aromatic heterocycles. The van der Waals surface area contributed by atoms with E-state index in [1.807, 2.05) is 31.2 Å². The number of ether oxygens (including phenoxy) is 1. The Hall–Kier alpha value is -3.83. The molecule has 0 radical (unpaired) electrons. The Morgan fingerprint density at radius 2 is 2.05 bits per heavy atom. The smallest absolute Gasteiger partial charge is 0.267 e. The number of hydrogen-bond acceptors (Lipinski definition) is 9. The number of phenols is 2. The van der Waals surface area contributed by atoms with E-state index in [2.05, 4.69) is 10.5 Å². The Balaban J connectivity index is 1.41. The fourth-order valence-corrected chi connectivity index (χ4v) is 6.29. The highest BCUT2D eigenvalue weighted by atomic mass is 32.2. The lowest BCUT2D eigenvalue weighted by Crippen LogP contribution is -2.24. The van der Waals surface area contributed by atoms with Gasteiger partial charge in [0.1, 0.15) is 22.1 Å². The molecule has 37 heavy (non-hydrogen) atoms. The summed E-state index contributed by atoms with van der Waals surface area (Å²) in [5.41, 5.74) is 4.35. The van der Waals surface area contributed by atoms with Gasteiger partial charge in [-0.15, -0.1) is 11.3 Å². The number of thioether (sulfide) groups is 1. The molecule has 2 heterocycles. The van der Waals surface area contributed by atoms with Crippen LogP contribution in [-0.4, -0.2) is 44.2 Å². The fraction of sp³-hybridized carbons (Fsp3) is 0.231. The normalized spacial score (nSPS) is 12.8. The highest BCUT2D eigenvalue weighted by Crippen LogP contribution is 2.36. The third-order valence-corrected chi connectivity index (χ3v) is 7.98. The Labute approximate surface area is 220 Å². The summed E-state index contributed by atoms with van der Waals surface area (Å²) in [6.45, 7) is 2.45. The maximum absolute atomic E-state index is 13.7. The van der Waals surface area contributed by atoms with Gasteiger partial charge < -0.3 is 14.9 Å². The predicted octanol–water partition coefficient (Wildman–Crippen LogP) is 3.99.